The Morgan fingerprint density at radius 3 is 2.62 bits per heavy atom. The summed E-state index contributed by atoms with van der Waals surface area (Å²) < 4.78 is 24.6. The molecule has 8 heteroatoms. The summed E-state index contributed by atoms with van der Waals surface area (Å²) >= 11 is 1.82. The number of sulfonamides is 1. The van der Waals surface area contributed by atoms with E-state index in [4.69, 9.17) is 0 Å². The van der Waals surface area contributed by atoms with Crippen molar-refractivity contribution in [2.45, 2.75) is 39.7 Å². The first-order valence-electron chi connectivity index (χ1n) is 8.23. The second-order valence-electron chi connectivity index (χ2n) is 5.87. The molecule has 1 atom stereocenters. The fourth-order valence-corrected chi connectivity index (χ4v) is 4.35. The smallest absolute Gasteiger partial charge is 0.211 e. The van der Waals surface area contributed by atoms with Gasteiger partial charge >= 0.3 is 0 Å². The second kappa shape index (κ2) is 10.0. The van der Waals surface area contributed by atoms with Gasteiger partial charge in [-0.15, -0.1) is 11.3 Å². The average Bonchev–Trinajstić information content (AvgIpc) is 2.89. The third-order valence-electron chi connectivity index (χ3n) is 3.61. The van der Waals surface area contributed by atoms with Crippen LogP contribution in [0.15, 0.2) is 17.1 Å². The van der Waals surface area contributed by atoms with Gasteiger partial charge in [0.05, 0.1) is 6.26 Å². The lowest BCUT2D eigenvalue weighted by Gasteiger charge is -2.19. The molecule has 138 valence electrons. The van der Waals surface area contributed by atoms with Gasteiger partial charge in [-0.25, -0.2) is 12.7 Å². The number of hydrogen-bond acceptors (Lipinski definition) is 4. The highest BCUT2D eigenvalue weighted by Crippen LogP contribution is 2.16. The third kappa shape index (κ3) is 7.63. The first-order valence-corrected chi connectivity index (χ1v) is 10.9. The Labute approximate surface area is 150 Å². The SMILES string of the molecule is CCN(CCCNC(=NC)NC(C)Cc1ccc(C)s1)S(C)(=O)=O. The van der Waals surface area contributed by atoms with Crippen LogP contribution in [0.4, 0.5) is 0 Å². The molecule has 1 heterocycles. The van der Waals surface area contributed by atoms with Crippen LogP contribution in [0.1, 0.15) is 30.0 Å². The highest BCUT2D eigenvalue weighted by atomic mass is 32.2. The maximum absolute atomic E-state index is 11.5. The van der Waals surface area contributed by atoms with Crippen molar-refractivity contribution in [3.8, 4) is 0 Å². The maximum atomic E-state index is 11.5. The lowest BCUT2D eigenvalue weighted by molar-refractivity contribution is 0.424. The number of hydrogen-bond donors (Lipinski definition) is 2. The van der Waals surface area contributed by atoms with Crippen molar-refractivity contribution in [3.63, 3.8) is 0 Å². The molecule has 0 aliphatic heterocycles. The van der Waals surface area contributed by atoms with E-state index in [1.165, 1.54) is 20.3 Å². The van der Waals surface area contributed by atoms with Gasteiger partial charge in [0.1, 0.15) is 0 Å². The zero-order valence-electron chi connectivity index (χ0n) is 15.3. The average molecular weight is 375 g/mol. The zero-order valence-corrected chi connectivity index (χ0v) is 16.9. The largest absolute Gasteiger partial charge is 0.356 e. The number of nitrogens with zero attached hydrogens (tertiary/aromatic N) is 2. The topological polar surface area (TPSA) is 73.8 Å². The zero-order chi connectivity index (χ0) is 18.2. The summed E-state index contributed by atoms with van der Waals surface area (Å²) in [6.45, 7) is 7.79. The van der Waals surface area contributed by atoms with Crippen molar-refractivity contribution in [1.82, 2.24) is 14.9 Å². The van der Waals surface area contributed by atoms with Crippen LogP contribution in [-0.2, 0) is 16.4 Å². The Hall–Kier alpha value is -1.12. The van der Waals surface area contributed by atoms with Crippen LogP contribution in [0, 0.1) is 6.92 Å². The van der Waals surface area contributed by atoms with E-state index in [0.29, 0.717) is 19.6 Å². The molecule has 0 radical (unpaired) electrons. The van der Waals surface area contributed by atoms with Crippen molar-refractivity contribution >= 4 is 27.3 Å². The van der Waals surface area contributed by atoms with E-state index in [9.17, 15) is 8.42 Å². The van der Waals surface area contributed by atoms with E-state index >= 15 is 0 Å². The molecule has 0 saturated heterocycles. The molecule has 0 aliphatic rings. The van der Waals surface area contributed by atoms with Gasteiger partial charge in [-0.3, -0.25) is 4.99 Å². The van der Waals surface area contributed by atoms with Gasteiger partial charge in [-0.05, 0) is 32.4 Å². The standard InChI is InChI=1S/C16H30N4O2S2/c1-6-20(24(5,21)22)11-7-10-18-16(17-4)19-13(2)12-15-9-8-14(3)23-15/h8-9,13H,6-7,10-12H2,1-5H3,(H2,17,18,19). The Morgan fingerprint density at radius 2 is 2.12 bits per heavy atom. The summed E-state index contributed by atoms with van der Waals surface area (Å²) in [6.07, 6.45) is 2.94. The molecule has 1 unspecified atom stereocenters. The van der Waals surface area contributed by atoms with Crippen molar-refractivity contribution < 1.29 is 8.42 Å². The number of aryl methyl sites for hydroxylation is 1. The summed E-state index contributed by atoms with van der Waals surface area (Å²) in [6, 6.07) is 4.58. The van der Waals surface area contributed by atoms with Crippen LogP contribution in [0.2, 0.25) is 0 Å². The van der Waals surface area contributed by atoms with Gasteiger partial charge in [0, 0.05) is 48.9 Å². The molecule has 0 bridgehead atoms. The van der Waals surface area contributed by atoms with Crippen LogP contribution >= 0.6 is 11.3 Å². The number of guanidine groups is 1. The van der Waals surface area contributed by atoms with Crippen LogP contribution < -0.4 is 10.6 Å². The van der Waals surface area contributed by atoms with Crippen LogP contribution in [-0.4, -0.2) is 57.7 Å². The van der Waals surface area contributed by atoms with E-state index in [1.54, 1.807) is 7.05 Å². The molecule has 24 heavy (non-hydrogen) atoms. The Morgan fingerprint density at radius 1 is 1.42 bits per heavy atom. The van der Waals surface area contributed by atoms with Gasteiger partial charge < -0.3 is 10.6 Å². The fourth-order valence-electron chi connectivity index (χ4n) is 2.40. The van der Waals surface area contributed by atoms with Crippen molar-refractivity contribution in [2.24, 2.45) is 4.99 Å². The van der Waals surface area contributed by atoms with Crippen LogP contribution in [0.25, 0.3) is 0 Å². The molecule has 1 aromatic rings. The highest BCUT2D eigenvalue weighted by molar-refractivity contribution is 7.88. The Bertz CT molecular complexity index is 626. The monoisotopic (exact) mass is 374 g/mol. The Balaban J connectivity index is 2.34. The fraction of sp³-hybridized carbons (Fsp3) is 0.688. The molecule has 2 N–H and O–H groups in total. The second-order valence-corrected chi connectivity index (χ2v) is 9.22. The maximum Gasteiger partial charge on any atom is 0.211 e. The summed E-state index contributed by atoms with van der Waals surface area (Å²) in [5, 5.41) is 6.61. The molecule has 0 aliphatic carbocycles. The molecule has 0 fully saturated rings. The van der Waals surface area contributed by atoms with E-state index in [1.807, 2.05) is 18.3 Å². The minimum absolute atomic E-state index is 0.275. The molecular formula is C16H30N4O2S2. The highest BCUT2D eigenvalue weighted by Gasteiger charge is 2.13. The lowest BCUT2D eigenvalue weighted by atomic mass is 10.2. The van der Waals surface area contributed by atoms with Crippen LogP contribution in [0.5, 0.6) is 0 Å². The first kappa shape index (κ1) is 20.9. The molecule has 0 saturated carbocycles. The van der Waals surface area contributed by atoms with Crippen LogP contribution in [0.3, 0.4) is 0 Å². The summed E-state index contributed by atoms with van der Waals surface area (Å²) in [7, 11) is -1.37. The van der Waals surface area contributed by atoms with Gasteiger partial charge in [-0.2, -0.15) is 0 Å². The molecule has 1 rings (SSSR count). The normalized spacial score (nSPS) is 14.0. The van der Waals surface area contributed by atoms with Gasteiger partial charge in [0.2, 0.25) is 10.0 Å². The molecule has 1 aromatic heterocycles. The minimum Gasteiger partial charge on any atom is -0.356 e. The van der Waals surface area contributed by atoms with E-state index in [0.717, 1.165) is 18.8 Å². The molecule has 0 spiro atoms. The van der Waals surface area contributed by atoms with E-state index in [-0.39, 0.29) is 6.04 Å². The summed E-state index contributed by atoms with van der Waals surface area (Å²) in [4.78, 5) is 6.91. The lowest BCUT2D eigenvalue weighted by Crippen LogP contribution is -2.44. The molecule has 0 amide bonds. The summed E-state index contributed by atoms with van der Waals surface area (Å²) in [5.74, 6) is 0.748. The number of nitrogens with one attached hydrogen (secondary N) is 2. The third-order valence-corrected chi connectivity index (χ3v) is 6.01. The predicted molar refractivity (Wildman–Crippen MR) is 103 cm³/mol. The summed E-state index contributed by atoms with van der Waals surface area (Å²) in [5.41, 5.74) is 0. The quantitative estimate of drug-likeness (QED) is 0.393. The number of thiophene rings is 1. The minimum atomic E-state index is -3.11. The van der Waals surface area contributed by atoms with Gasteiger partial charge in [-0.1, -0.05) is 6.92 Å². The predicted octanol–water partition coefficient (Wildman–Crippen LogP) is 1.82. The number of rotatable bonds is 9. The van der Waals surface area contributed by atoms with E-state index in [2.05, 4.69) is 41.6 Å². The molecule has 0 aromatic carbocycles. The first-order chi connectivity index (χ1) is 11.3. The van der Waals surface area contributed by atoms with Crippen molar-refractivity contribution in [1.29, 1.82) is 0 Å². The van der Waals surface area contributed by atoms with Gasteiger partial charge in [0.15, 0.2) is 5.96 Å². The van der Waals surface area contributed by atoms with Crippen molar-refractivity contribution in [2.75, 3.05) is 32.9 Å². The van der Waals surface area contributed by atoms with E-state index < -0.39 is 10.0 Å². The molecule has 6 nitrogen and oxygen atoms in total. The van der Waals surface area contributed by atoms with Gasteiger partial charge in [0.25, 0.3) is 0 Å². The Kier molecular flexibility index (Phi) is 8.72. The van der Waals surface area contributed by atoms with Crippen molar-refractivity contribution in [3.05, 3.63) is 21.9 Å². The molecular weight excluding hydrogens is 344 g/mol. The number of aliphatic imine (C=N–C) groups is 1.